The van der Waals surface area contributed by atoms with Gasteiger partial charge >= 0.3 is 16.1 Å². The van der Waals surface area contributed by atoms with E-state index < -0.39 is 27.1 Å². The lowest BCUT2D eigenvalue weighted by Gasteiger charge is -2.40. The molecule has 0 fully saturated rings. The van der Waals surface area contributed by atoms with Gasteiger partial charge in [0.1, 0.15) is 26.9 Å². The van der Waals surface area contributed by atoms with Crippen LogP contribution in [0.25, 0.3) is 0 Å². The second kappa shape index (κ2) is 12.0. The Morgan fingerprint density at radius 3 is 2.43 bits per heavy atom. The lowest BCUT2D eigenvalue weighted by Crippen LogP contribution is -2.44. The maximum atomic E-state index is 13.5. The van der Waals surface area contributed by atoms with Crippen LogP contribution < -0.4 is 9.92 Å². The van der Waals surface area contributed by atoms with Gasteiger partial charge in [-0.1, -0.05) is 58.5 Å². The van der Waals surface area contributed by atoms with Crippen molar-refractivity contribution in [3.8, 4) is 5.75 Å². The van der Waals surface area contributed by atoms with Crippen LogP contribution in [0.3, 0.4) is 0 Å². The van der Waals surface area contributed by atoms with Gasteiger partial charge in [0.05, 0.1) is 0 Å². The Bertz CT molecular complexity index is 1590. The van der Waals surface area contributed by atoms with Crippen molar-refractivity contribution >= 4 is 33.5 Å². The van der Waals surface area contributed by atoms with Crippen LogP contribution in [0.5, 0.6) is 5.75 Å². The number of ether oxygens (including phenoxy) is 1. The maximum absolute atomic E-state index is 13.5. The Morgan fingerprint density at radius 2 is 1.86 bits per heavy atom. The molecular formula is C32H38N2O6S2. The molecule has 0 radical (unpaired) electrons. The maximum Gasteiger partial charge on any atom is 0.349 e. The van der Waals surface area contributed by atoms with E-state index in [1.807, 2.05) is 58.9 Å². The van der Waals surface area contributed by atoms with Crippen LogP contribution in [0, 0.1) is 12.8 Å². The molecule has 0 saturated carbocycles. The number of nitrogens with two attached hydrogens (primary N) is 1. The van der Waals surface area contributed by atoms with Crippen LogP contribution in [0.4, 0.5) is 5.69 Å². The summed E-state index contributed by atoms with van der Waals surface area (Å²) in [6.45, 7) is 11.7. The average molecular weight is 611 g/mol. The van der Waals surface area contributed by atoms with Crippen molar-refractivity contribution in [3.05, 3.63) is 88.3 Å². The van der Waals surface area contributed by atoms with Gasteiger partial charge in [-0.05, 0) is 84.2 Å². The predicted molar refractivity (Wildman–Crippen MR) is 165 cm³/mol. The molecule has 2 aromatic carbocycles. The summed E-state index contributed by atoms with van der Waals surface area (Å²) in [6, 6.07) is 14.0. The van der Waals surface area contributed by atoms with Gasteiger partial charge in [-0.3, -0.25) is 4.98 Å². The number of carbonyl (C=O) groups is 1. The number of benzene rings is 2. The third-order valence-electron chi connectivity index (χ3n) is 7.50. The minimum absolute atomic E-state index is 0.0146. The summed E-state index contributed by atoms with van der Waals surface area (Å²) in [6.07, 6.45) is 4.13. The quantitative estimate of drug-likeness (QED) is 0.151. The first kappa shape index (κ1) is 31.4. The lowest BCUT2D eigenvalue weighted by molar-refractivity contribution is -0.164. The van der Waals surface area contributed by atoms with Crippen LogP contribution in [0.2, 0.25) is 0 Å². The van der Waals surface area contributed by atoms with Crippen molar-refractivity contribution in [2.75, 3.05) is 5.73 Å². The van der Waals surface area contributed by atoms with Gasteiger partial charge < -0.3 is 19.8 Å². The zero-order valence-electron chi connectivity index (χ0n) is 24.8. The number of rotatable bonds is 9. The Labute approximate surface area is 252 Å². The topological polar surface area (TPSA) is 129 Å². The molecule has 0 saturated heterocycles. The number of anilines is 1. The minimum Gasteiger partial charge on any atom is -0.511 e. The molecule has 1 aliphatic heterocycles. The van der Waals surface area contributed by atoms with Crippen LogP contribution in [-0.2, 0) is 31.5 Å². The molecule has 0 bridgehead atoms. The lowest BCUT2D eigenvalue weighted by atomic mass is 9.80. The van der Waals surface area contributed by atoms with E-state index in [0.717, 1.165) is 22.9 Å². The number of aliphatic hydroxyl groups is 1. The number of pyridine rings is 1. The number of carbonyl (C=O) groups excluding carboxylic acids is 1. The van der Waals surface area contributed by atoms with E-state index in [4.69, 9.17) is 14.7 Å². The molecule has 224 valence electrons. The number of esters is 1. The number of aliphatic hydroxyl groups excluding tert-OH is 1. The molecule has 1 atom stereocenters. The normalized spacial score (nSPS) is 17.8. The van der Waals surface area contributed by atoms with Gasteiger partial charge in [0.25, 0.3) is 0 Å². The van der Waals surface area contributed by atoms with Crippen LogP contribution in [-0.4, -0.2) is 30.1 Å². The van der Waals surface area contributed by atoms with E-state index in [-0.39, 0.29) is 33.6 Å². The molecular weight excluding hydrogens is 572 g/mol. The van der Waals surface area contributed by atoms with Gasteiger partial charge in [0, 0.05) is 29.4 Å². The third-order valence-corrected chi connectivity index (χ3v) is 9.88. The molecule has 3 N–H and O–H groups in total. The van der Waals surface area contributed by atoms with E-state index in [1.165, 1.54) is 24.5 Å². The Kier molecular flexibility index (Phi) is 8.99. The van der Waals surface area contributed by atoms with E-state index in [9.17, 15) is 18.3 Å². The number of nitrogen functional groups attached to an aromatic ring is 1. The van der Waals surface area contributed by atoms with E-state index >= 15 is 0 Å². The summed E-state index contributed by atoms with van der Waals surface area (Å²) >= 11 is 1.13. The molecule has 42 heavy (non-hydrogen) atoms. The molecule has 8 nitrogen and oxygen atoms in total. The summed E-state index contributed by atoms with van der Waals surface area (Å²) in [5.74, 6) is -0.445. The zero-order valence-corrected chi connectivity index (χ0v) is 26.4. The SMILES string of the molecule is Cc1cc(SC2=C(O)CC(CCc3ccc(N)cc3)(C(C)C)OC2=O)c(C(C)(C)C)cc1OS(=O)(=O)c1cccnc1. The monoisotopic (exact) mass is 610 g/mol. The molecule has 1 aromatic heterocycles. The molecule has 10 heteroatoms. The summed E-state index contributed by atoms with van der Waals surface area (Å²) < 4.78 is 37.5. The Balaban J connectivity index is 1.64. The molecule has 4 rings (SSSR count). The van der Waals surface area contributed by atoms with Crippen molar-refractivity contribution < 1.29 is 27.2 Å². The number of nitrogens with zero attached hydrogens (tertiary/aromatic N) is 1. The largest absolute Gasteiger partial charge is 0.511 e. The molecule has 2 heterocycles. The van der Waals surface area contributed by atoms with Gasteiger partial charge in [0.2, 0.25) is 0 Å². The second-order valence-electron chi connectivity index (χ2n) is 12.0. The highest BCUT2D eigenvalue weighted by Crippen LogP contribution is 2.46. The second-order valence-corrected chi connectivity index (χ2v) is 14.6. The molecule has 0 spiro atoms. The first-order valence-electron chi connectivity index (χ1n) is 13.8. The van der Waals surface area contributed by atoms with Crippen LogP contribution >= 0.6 is 11.8 Å². The number of aryl methyl sites for hydroxylation is 2. The standard InChI is InChI=1S/C32H38N2O6S2/c1-20(2)32(14-13-22-9-11-23(33)12-10-22)18-26(35)29(30(36)39-32)41-28-16-21(3)27(17-25(28)31(4,5)6)40-42(37,38)24-8-7-15-34-19-24/h7-12,15-17,19-20,35H,13-14,18,33H2,1-6H3. The van der Waals surface area contributed by atoms with Crippen LogP contribution in [0.1, 0.15) is 64.2 Å². The molecule has 0 amide bonds. The van der Waals surface area contributed by atoms with Crippen molar-refractivity contribution in [2.24, 2.45) is 5.92 Å². The highest BCUT2D eigenvalue weighted by Gasteiger charge is 2.44. The van der Waals surface area contributed by atoms with E-state index in [0.29, 0.717) is 29.0 Å². The number of hydrogen-bond acceptors (Lipinski definition) is 9. The fraction of sp³-hybridized carbons (Fsp3) is 0.375. The molecule has 0 aliphatic carbocycles. The zero-order chi connectivity index (χ0) is 30.9. The van der Waals surface area contributed by atoms with Crippen LogP contribution in [0.15, 0.2) is 81.4 Å². The van der Waals surface area contributed by atoms with Gasteiger partial charge in [-0.2, -0.15) is 8.42 Å². The third kappa shape index (κ3) is 6.93. The Hall–Kier alpha value is -3.50. The minimum atomic E-state index is -4.10. The van der Waals surface area contributed by atoms with E-state index in [2.05, 4.69) is 4.98 Å². The van der Waals surface area contributed by atoms with Crippen molar-refractivity contribution in [3.63, 3.8) is 0 Å². The molecule has 1 unspecified atom stereocenters. The number of cyclic esters (lactones) is 1. The summed E-state index contributed by atoms with van der Waals surface area (Å²) in [4.78, 5) is 18.1. The Morgan fingerprint density at radius 1 is 1.17 bits per heavy atom. The fourth-order valence-corrected chi connectivity index (χ4v) is 7.03. The van der Waals surface area contributed by atoms with E-state index in [1.54, 1.807) is 19.1 Å². The molecule has 1 aliphatic rings. The number of aromatic nitrogens is 1. The van der Waals surface area contributed by atoms with Crippen molar-refractivity contribution in [1.82, 2.24) is 4.98 Å². The first-order valence-corrected chi connectivity index (χ1v) is 16.0. The summed E-state index contributed by atoms with van der Waals surface area (Å²) in [7, 11) is -4.10. The summed E-state index contributed by atoms with van der Waals surface area (Å²) in [5, 5.41) is 11.2. The first-order chi connectivity index (χ1) is 19.6. The molecule has 3 aromatic rings. The van der Waals surface area contributed by atoms with Gasteiger partial charge in [-0.15, -0.1) is 0 Å². The van der Waals surface area contributed by atoms with Crippen molar-refractivity contribution in [1.29, 1.82) is 0 Å². The highest BCUT2D eigenvalue weighted by atomic mass is 32.2. The van der Waals surface area contributed by atoms with Gasteiger partial charge in [0.15, 0.2) is 0 Å². The number of thioether (sulfide) groups is 1. The average Bonchev–Trinajstić information content (AvgIpc) is 2.91. The number of hydrogen-bond donors (Lipinski definition) is 2. The fourth-order valence-electron chi connectivity index (χ4n) is 4.83. The predicted octanol–water partition coefficient (Wildman–Crippen LogP) is 6.87. The smallest absolute Gasteiger partial charge is 0.349 e. The summed E-state index contributed by atoms with van der Waals surface area (Å²) in [5.41, 5.74) is 7.59. The van der Waals surface area contributed by atoms with Crippen molar-refractivity contribution in [2.45, 2.75) is 81.6 Å². The van der Waals surface area contributed by atoms with Gasteiger partial charge in [-0.25, -0.2) is 4.79 Å². The highest BCUT2D eigenvalue weighted by molar-refractivity contribution is 8.04.